The quantitative estimate of drug-likeness (QED) is 0.272. The van der Waals surface area contributed by atoms with Crippen LogP contribution in [0.25, 0.3) is 5.65 Å². The molecule has 0 saturated carbocycles. The molecule has 1 fully saturated rings. The summed E-state index contributed by atoms with van der Waals surface area (Å²) in [5.74, 6) is 6.25. The Morgan fingerprint density at radius 3 is 2.60 bits per heavy atom. The Morgan fingerprint density at radius 1 is 1.05 bits per heavy atom. The van der Waals surface area contributed by atoms with Crippen LogP contribution >= 0.6 is 0 Å². The molecule has 0 amide bonds. The molecule has 3 heterocycles. The van der Waals surface area contributed by atoms with Gasteiger partial charge in [0.25, 0.3) is 0 Å². The zero-order chi connectivity index (χ0) is 28.3. The van der Waals surface area contributed by atoms with Crippen LogP contribution in [0.5, 0.6) is 0 Å². The van der Waals surface area contributed by atoms with Crippen molar-refractivity contribution in [2.45, 2.75) is 32.3 Å². The van der Waals surface area contributed by atoms with Gasteiger partial charge >= 0.3 is 6.18 Å². The number of piperazine rings is 1. The molecule has 7 nitrogen and oxygen atoms in total. The van der Waals surface area contributed by atoms with E-state index in [1.807, 2.05) is 20.0 Å². The first-order valence-electron chi connectivity index (χ1n) is 13.2. The Bertz CT molecular complexity index is 1550. The lowest BCUT2D eigenvalue weighted by Gasteiger charge is -2.32. The van der Waals surface area contributed by atoms with Crippen molar-refractivity contribution in [2.75, 3.05) is 38.5 Å². The third-order valence-corrected chi connectivity index (χ3v) is 7.04. The minimum atomic E-state index is -4.50. The van der Waals surface area contributed by atoms with Gasteiger partial charge in [-0.2, -0.15) is 18.3 Å². The first-order valence-corrected chi connectivity index (χ1v) is 13.2. The van der Waals surface area contributed by atoms with E-state index in [1.54, 1.807) is 47.4 Å². The molecule has 0 spiro atoms. The predicted octanol–water partition coefficient (Wildman–Crippen LogP) is 4.56. The van der Waals surface area contributed by atoms with Crippen molar-refractivity contribution in [3.05, 3.63) is 94.4 Å². The molecule has 5 rings (SSSR count). The number of alkyl halides is 3. The summed E-state index contributed by atoms with van der Waals surface area (Å²) in [6.07, 6.45) is 0.116. The van der Waals surface area contributed by atoms with Gasteiger partial charge in [-0.15, -0.1) is 0 Å². The van der Waals surface area contributed by atoms with Gasteiger partial charge in [-0.3, -0.25) is 4.90 Å². The summed E-state index contributed by atoms with van der Waals surface area (Å²) in [6, 6.07) is 11.1. The second-order valence-corrected chi connectivity index (χ2v) is 10.0. The van der Waals surface area contributed by atoms with Gasteiger partial charge < -0.3 is 15.3 Å². The molecular formula is C30H31F3N6O. The van der Waals surface area contributed by atoms with Gasteiger partial charge in [0, 0.05) is 68.0 Å². The molecule has 0 bridgehead atoms. The molecular weight excluding hydrogens is 517 g/mol. The third kappa shape index (κ3) is 6.62. The number of nitrogens with zero attached hydrogens (tertiary/aromatic N) is 5. The number of likely N-dealkylation sites (N-methyl/N-ethyl adjacent to an activating group) is 1. The molecule has 1 saturated heterocycles. The van der Waals surface area contributed by atoms with Crippen LogP contribution in [0, 0.1) is 11.8 Å². The highest BCUT2D eigenvalue weighted by Gasteiger charge is 2.31. The second kappa shape index (κ2) is 11.7. The molecule has 1 aliphatic heterocycles. The van der Waals surface area contributed by atoms with Crippen LogP contribution in [0.15, 0.2) is 61.1 Å². The molecule has 208 valence electrons. The van der Waals surface area contributed by atoms with Crippen LogP contribution in [-0.4, -0.2) is 62.7 Å². The maximum atomic E-state index is 13.7. The van der Waals surface area contributed by atoms with Gasteiger partial charge in [0.15, 0.2) is 11.9 Å². The Kier molecular flexibility index (Phi) is 8.07. The standard InChI is InChI=1S/C30H31F3N6O/c1-3-23-6-7-25(16-24(23)5-4-21-18-34-28-8-9-35-39(28)20-21)29(40)36-27-15-22(14-26(17-27)30(31,32)33)19-38-12-10-37(2)11-13-38/h6-9,14-18,20,29,36,40H,3,10-13,19H2,1-2H3. The van der Waals surface area contributed by atoms with E-state index < -0.39 is 18.0 Å². The van der Waals surface area contributed by atoms with Crippen LogP contribution < -0.4 is 5.32 Å². The van der Waals surface area contributed by atoms with Crippen molar-refractivity contribution in [3.8, 4) is 11.8 Å². The third-order valence-electron chi connectivity index (χ3n) is 7.04. The number of fused-ring (bicyclic) bond motifs is 1. The number of benzene rings is 2. The number of aliphatic hydroxyl groups excluding tert-OH is 1. The Hall–Kier alpha value is -3.91. The lowest BCUT2D eigenvalue weighted by molar-refractivity contribution is -0.137. The Balaban J connectivity index is 1.38. The zero-order valence-electron chi connectivity index (χ0n) is 22.4. The maximum Gasteiger partial charge on any atom is 0.416 e. The summed E-state index contributed by atoms with van der Waals surface area (Å²) < 4.78 is 42.8. The summed E-state index contributed by atoms with van der Waals surface area (Å²) in [4.78, 5) is 8.66. The fourth-order valence-electron chi connectivity index (χ4n) is 4.74. The molecule has 4 aromatic rings. The lowest BCUT2D eigenvalue weighted by atomic mass is 10.0. The van der Waals surface area contributed by atoms with Crippen molar-refractivity contribution < 1.29 is 18.3 Å². The minimum Gasteiger partial charge on any atom is -0.369 e. The molecule has 2 aromatic heterocycles. The number of rotatable bonds is 6. The number of hydrogen-bond donors (Lipinski definition) is 2. The summed E-state index contributed by atoms with van der Waals surface area (Å²) in [5, 5.41) is 18.0. The van der Waals surface area contributed by atoms with Crippen molar-refractivity contribution in [1.29, 1.82) is 0 Å². The molecule has 40 heavy (non-hydrogen) atoms. The van der Waals surface area contributed by atoms with Gasteiger partial charge in [-0.25, -0.2) is 9.50 Å². The van der Waals surface area contributed by atoms with E-state index in [9.17, 15) is 18.3 Å². The normalized spacial score (nSPS) is 15.6. The van der Waals surface area contributed by atoms with E-state index >= 15 is 0 Å². The molecule has 2 N–H and O–H groups in total. The number of aromatic nitrogens is 3. The monoisotopic (exact) mass is 548 g/mol. The van der Waals surface area contributed by atoms with Gasteiger partial charge in [0.05, 0.1) is 17.3 Å². The fourth-order valence-corrected chi connectivity index (χ4v) is 4.74. The van der Waals surface area contributed by atoms with Crippen LogP contribution in [0.2, 0.25) is 0 Å². The Labute approximate surface area is 231 Å². The zero-order valence-corrected chi connectivity index (χ0v) is 22.4. The highest BCUT2D eigenvalue weighted by Crippen LogP contribution is 2.33. The number of anilines is 1. The van der Waals surface area contributed by atoms with E-state index in [1.165, 1.54) is 6.07 Å². The summed E-state index contributed by atoms with van der Waals surface area (Å²) >= 11 is 0. The average molecular weight is 549 g/mol. The van der Waals surface area contributed by atoms with Crippen molar-refractivity contribution >= 4 is 11.3 Å². The number of hydrogen-bond acceptors (Lipinski definition) is 6. The number of aryl methyl sites for hydroxylation is 1. The summed E-state index contributed by atoms with van der Waals surface area (Å²) in [5.41, 5.74) is 3.62. The molecule has 2 aromatic carbocycles. The van der Waals surface area contributed by atoms with E-state index in [0.29, 0.717) is 23.2 Å². The lowest BCUT2D eigenvalue weighted by Crippen LogP contribution is -2.43. The molecule has 1 unspecified atom stereocenters. The molecule has 10 heteroatoms. The van der Waals surface area contributed by atoms with Gasteiger partial charge in [-0.1, -0.05) is 30.9 Å². The maximum absolute atomic E-state index is 13.7. The van der Waals surface area contributed by atoms with Crippen LogP contribution in [0.1, 0.15) is 46.5 Å². The minimum absolute atomic E-state index is 0.206. The number of halogens is 3. The molecule has 1 aliphatic rings. The van der Waals surface area contributed by atoms with Crippen molar-refractivity contribution in [1.82, 2.24) is 24.4 Å². The second-order valence-electron chi connectivity index (χ2n) is 10.0. The van der Waals surface area contributed by atoms with E-state index in [-0.39, 0.29) is 5.69 Å². The largest absolute Gasteiger partial charge is 0.416 e. The smallest absolute Gasteiger partial charge is 0.369 e. The molecule has 1 atom stereocenters. The van der Waals surface area contributed by atoms with Gasteiger partial charge in [0.2, 0.25) is 0 Å². The first kappa shape index (κ1) is 27.6. The molecule has 0 radical (unpaired) electrons. The van der Waals surface area contributed by atoms with Crippen LogP contribution in [-0.2, 0) is 19.1 Å². The summed E-state index contributed by atoms with van der Waals surface area (Å²) in [7, 11) is 2.03. The van der Waals surface area contributed by atoms with Gasteiger partial charge in [0.1, 0.15) is 0 Å². The number of aliphatic hydroxyl groups is 1. The topological polar surface area (TPSA) is 68.9 Å². The van der Waals surface area contributed by atoms with Crippen LogP contribution in [0.3, 0.4) is 0 Å². The van der Waals surface area contributed by atoms with Crippen molar-refractivity contribution in [3.63, 3.8) is 0 Å². The van der Waals surface area contributed by atoms with Crippen molar-refractivity contribution in [2.24, 2.45) is 0 Å². The highest BCUT2D eigenvalue weighted by atomic mass is 19.4. The predicted molar refractivity (Wildman–Crippen MR) is 148 cm³/mol. The summed E-state index contributed by atoms with van der Waals surface area (Å²) in [6.45, 7) is 5.74. The molecule has 0 aliphatic carbocycles. The van der Waals surface area contributed by atoms with E-state index in [0.717, 1.165) is 55.4 Å². The van der Waals surface area contributed by atoms with E-state index in [2.05, 4.69) is 37.0 Å². The Morgan fingerprint density at radius 2 is 1.85 bits per heavy atom. The van der Waals surface area contributed by atoms with E-state index in [4.69, 9.17) is 0 Å². The highest BCUT2D eigenvalue weighted by molar-refractivity contribution is 5.53. The number of nitrogens with one attached hydrogen (secondary N) is 1. The first-order chi connectivity index (χ1) is 19.2. The van der Waals surface area contributed by atoms with Crippen LogP contribution in [0.4, 0.5) is 18.9 Å². The average Bonchev–Trinajstić information content (AvgIpc) is 3.40. The van der Waals surface area contributed by atoms with Gasteiger partial charge in [-0.05, 0) is 48.9 Å². The SMILES string of the molecule is CCc1ccc(C(O)Nc2cc(CN3CCN(C)CC3)cc(C(F)(F)F)c2)cc1C#Cc1cnc2ccnn2c1. The fraction of sp³-hybridized carbons (Fsp3) is 0.333.